The highest BCUT2D eigenvalue weighted by Crippen LogP contribution is 1.94. The molecule has 2 nitrogen and oxygen atoms in total. The van der Waals surface area contributed by atoms with Gasteiger partial charge in [-0.05, 0) is 13.3 Å². The molecule has 0 saturated carbocycles. The predicted molar refractivity (Wildman–Crippen MR) is 54.2 cm³/mol. The number of nitrogens with zero attached hydrogens (tertiary/aromatic N) is 1. The smallest absolute Gasteiger partial charge is 0.219 e. The Labute approximate surface area is 77.0 Å². The molecule has 0 aromatic rings. The van der Waals surface area contributed by atoms with Crippen molar-refractivity contribution in [3.05, 3.63) is 0 Å². The van der Waals surface area contributed by atoms with E-state index in [0.717, 1.165) is 25.9 Å². The summed E-state index contributed by atoms with van der Waals surface area (Å²) in [5, 5.41) is 0. The van der Waals surface area contributed by atoms with Crippen LogP contribution in [0.4, 0.5) is 0 Å². The highest BCUT2D eigenvalue weighted by Gasteiger charge is 2.02. The van der Waals surface area contributed by atoms with Crippen molar-refractivity contribution in [2.24, 2.45) is 0 Å². The maximum absolute atomic E-state index is 10.8. The van der Waals surface area contributed by atoms with Gasteiger partial charge in [-0.25, -0.2) is 0 Å². The summed E-state index contributed by atoms with van der Waals surface area (Å²) < 4.78 is 0. The summed E-state index contributed by atoms with van der Waals surface area (Å²) in [6.07, 6.45) is 2.28. The van der Waals surface area contributed by atoms with Crippen LogP contribution < -0.4 is 0 Å². The van der Waals surface area contributed by atoms with Gasteiger partial charge >= 0.3 is 0 Å². The first-order valence-corrected chi connectivity index (χ1v) is 4.97. The third-order valence-corrected chi connectivity index (χ3v) is 1.61. The average molecular weight is 173 g/mol. The van der Waals surface area contributed by atoms with Gasteiger partial charge in [0.1, 0.15) is 0 Å². The first kappa shape index (κ1) is 14.0. The minimum absolute atomic E-state index is 0.191. The van der Waals surface area contributed by atoms with E-state index in [1.165, 1.54) is 0 Å². The second kappa shape index (κ2) is 10.5. The quantitative estimate of drug-likeness (QED) is 0.640. The van der Waals surface area contributed by atoms with Crippen LogP contribution in [-0.4, -0.2) is 23.9 Å². The summed E-state index contributed by atoms with van der Waals surface area (Å²) in [6.45, 7) is 11.5. The first-order valence-electron chi connectivity index (χ1n) is 4.97. The van der Waals surface area contributed by atoms with E-state index in [1.807, 2.05) is 25.7 Å². The second-order valence-electron chi connectivity index (χ2n) is 2.45. The molecule has 0 aliphatic rings. The van der Waals surface area contributed by atoms with E-state index in [0.29, 0.717) is 0 Å². The van der Waals surface area contributed by atoms with Crippen molar-refractivity contribution in [3.63, 3.8) is 0 Å². The van der Waals surface area contributed by atoms with Gasteiger partial charge in [-0.1, -0.05) is 27.2 Å². The number of hydrogen-bond acceptors (Lipinski definition) is 1. The van der Waals surface area contributed by atoms with Crippen LogP contribution in [0.15, 0.2) is 0 Å². The van der Waals surface area contributed by atoms with Crippen LogP contribution in [0, 0.1) is 0 Å². The van der Waals surface area contributed by atoms with Crippen LogP contribution in [0.3, 0.4) is 0 Å². The molecule has 0 N–H and O–H groups in total. The van der Waals surface area contributed by atoms with Gasteiger partial charge < -0.3 is 4.90 Å². The van der Waals surface area contributed by atoms with Crippen molar-refractivity contribution in [2.75, 3.05) is 13.1 Å². The van der Waals surface area contributed by atoms with Gasteiger partial charge in [0.05, 0.1) is 0 Å². The van der Waals surface area contributed by atoms with Crippen molar-refractivity contribution in [3.8, 4) is 0 Å². The summed E-state index contributed by atoms with van der Waals surface area (Å²) in [7, 11) is 0. The standard InChI is InChI=1S/C8H17NO.C2H6/c1-4-6-7-9(5-2)8(3)10;1-2/h4-7H2,1-3H3;1-2H3. The Kier molecular flexibility index (Phi) is 12.2. The number of carbonyl (C=O) groups is 1. The third kappa shape index (κ3) is 7.58. The monoisotopic (exact) mass is 173 g/mol. The van der Waals surface area contributed by atoms with Crippen molar-refractivity contribution in [1.29, 1.82) is 0 Å². The SMILES string of the molecule is CC.CCCCN(CC)C(C)=O. The Balaban J connectivity index is 0. The Hall–Kier alpha value is -0.530. The fraction of sp³-hybridized carbons (Fsp3) is 0.900. The molecule has 1 amide bonds. The number of rotatable bonds is 4. The fourth-order valence-corrected chi connectivity index (χ4v) is 0.887. The van der Waals surface area contributed by atoms with E-state index >= 15 is 0 Å². The molecule has 0 aliphatic carbocycles. The molecule has 0 aromatic heterocycles. The van der Waals surface area contributed by atoms with Crippen molar-refractivity contribution in [1.82, 2.24) is 4.90 Å². The molecule has 0 saturated heterocycles. The highest BCUT2D eigenvalue weighted by molar-refractivity contribution is 5.73. The zero-order chi connectivity index (χ0) is 9.98. The van der Waals surface area contributed by atoms with Gasteiger partial charge in [-0.15, -0.1) is 0 Å². The number of hydrogen-bond donors (Lipinski definition) is 0. The molecule has 0 aliphatic heterocycles. The molecule has 74 valence electrons. The molecule has 0 spiro atoms. The number of unbranched alkanes of at least 4 members (excludes halogenated alkanes) is 1. The molecule has 0 radical (unpaired) electrons. The molecule has 0 heterocycles. The molecule has 0 atom stereocenters. The van der Waals surface area contributed by atoms with E-state index in [9.17, 15) is 4.79 Å². The summed E-state index contributed by atoms with van der Waals surface area (Å²) in [5.74, 6) is 0.191. The van der Waals surface area contributed by atoms with Gasteiger partial charge in [-0.2, -0.15) is 0 Å². The van der Waals surface area contributed by atoms with Crippen LogP contribution in [-0.2, 0) is 4.79 Å². The number of carbonyl (C=O) groups excluding carboxylic acids is 1. The van der Waals surface area contributed by atoms with Crippen LogP contribution in [0.5, 0.6) is 0 Å². The van der Waals surface area contributed by atoms with Crippen LogP contribution in [0.2, 0.25) is 0 Å². The molecule has 0 bridgehead atoms. The van der Waals surface area contributed by atoms with E-state index in [-0.39, 0.29) is 5.91 Å². The molecule has 0 aromatic carbocycles. The summed E-state index contributed by atoms with van der Waals surface area (Å²) >= 11 is 0. The van der Waals surface area contributed by atoms with E-state index < -0.39 is 0 Å². The Morgan fingerprint density at radius 2 is 1.75 bits per heavy atom. The molecule has 0 unspecified atom stereocenters. The van der Waals surface area contributed by atoms with Gasteiger partial charge in [0.15, 0.2) is 0 Å². The minimum atomic E-state index is 0.191. The van der Waals surface area contributed by atoms with Crippen molar-refractivity contribution >= 4 is 5.91 Å². The highest BCUT2D eigenvalue weighted by atomic mass is 16.2. The second-order valence-corrected chi connectivity index (χ2v) is 2.45. The lowest BCUT2D eigenvalue weighted by molar-refractivity contribution is -0.128. The Morgan fingerprint density at radius 1 is 1.25 bits per heavy atom. The van der Waals surface area contributed by atoms with Crippen LogP contribution in [0.1, 0.15) is 47.5 Å². The molecule has 0 rings (SSSR count). The van der Waals surface area contributed by atoms with Gasteiger partial charge in [0, 0.05) is 20.0 Å². The Bertz CT molecular complexity index is 102. The molecule has 0 fully saturated rings. The molecule has 2 heteroatoms. The lowest BCUT2D eigenvalue weighted by atomic mass is 10.3. The lowest BCUT2D eigenvalue weighted by Gasteiger charge is -2.17. The normalized spacial score (nSPS) is 8.42. The van der Waals surface area contributed by atoms with E-state index in [1.54, 1.807) is 6.92 Å². The summed E-state index contributed by atoms with van der Waals surface area (Å²) in [4.78, 5) is 12.7. The summed E-state index contributed by atoms with van der Waals surface area (Å²) in [5.41, 5.74) is 0. The van der Waals surface area contributed by atoms with Crippen molar-refractivity contribution in [2.45, 2.75) is 47.5 Å². The fourth-order valence-electron chi connectivity index (χ4n) is 0.887. The van der Waals surface area contributed by atoms with Gasteiger partial charge in [-0.3, -0.25) is 4.79 Å². The lowest BCUT2D eigenvalue weighted by Crippen LogP contribution is -2.29. The van der Waals surface area contributed by atoms with E-state index in [4.69, 9.17) is 0 Å². The zero-order valence-corrected chi connectivity index (χ0v) is 9.18. The third-order valence-electron chi connectivity index (χ3n) is 1.61. The average Bonchev–Trinajstić information content (AvgIpc) is 2.09. The van der Waals surface area contributed by atoms with Crippen LogP contribution in [0.25, 0.3) is 0 Å². The van der Waals surface area contributed by atoms with Crippen LogP contribution >= 0.6 is 0 Å². The maximum Gasteiger partial charge on any atom is 0.219 e. The van der Waals surface area contributed by atoms with E-state index in [2.05, 4.69) is 6.92 Å². The Morgan fingerprint density at radius 3 is 2.00 bits per heavy atom. The largest absolute Gasteiger partial charge is 0.343 e. The van der Waals surface area contributed by atoms with Crippen molar-refractivity contribution < 1.29 is 4.79 Å². The topological polar surface area (TPSA) is 20.3 Å². The first-order chi connectivity index (χ1) is 5.72. The summed E-state index contributed by atoms with van der Waals surface area (Å²) in [6, 6.07) is 0. The molecular weight excluding hydrogens is 150 g/mol. The molecular formula is C10H23NO. The predicted octanol–water partition coefficient (Wildman–Crippen LogP) is 2.68. The zero-order valence-electron chi connectivity index (χ0n) is 9.18. The minimum Gasteiger partial charge on any atom is -0.343 e. The molecule has 12 heavy (non-hydrogen) atoms. The maximum atomic E-state index is 10.8. The van der Waals surface area contributed by atoms with Gasteiger partial charge in [0.2, 0.25) is 5.91 Å². The van der Waals surface area contributed by atoms with Gasteiger partial charge in [0.25, 0.3) is 0 Å². The number of amides is 1.